The first-order valence-corrected chi connectivity index (χ1v) is 4.07. The zero-order valence-corrected chi connectivity index (χ0v) is 7.72. The summed E-state index contributed by atoms with van der Waals surface area (Å²) in [5.74, 6) is 1.07. The molecule has 3 N–H and O–H groups in total. The predicted molar refractivity (Wildman–Crippen MR) is 52.1 cm³/mol. The van der Waals surface area contributed by atoms with Crippen molar-refractivity contribution in [3.63, 3.8) is 0 Å². The Morgan fingerprint density at radius 1 is 1.54 bits per heavy atom. The van der Waals surface area contributed by atoms with E-state index in [4.69, 9.17) is 22.1 Å². The maximum Gasteiger partial charge on any atom is 0.153 e. The summed E-state index contributed by atoms with van der Waals surface area (Å²) in [4.78, 5) is 0. The molecule has 0 fully saturated rings. The Hall–Kier alpha value is -1.42. The van der Waals surface area contributed by atoms with Gasteiger partial charge < -0.3 is 10.5 Å². The Balaban J connectivity index is 2.84. The molecule has 0 bridgehead atoms. The Bertz CT molecular complexity index is 452. The summed E-state index contributed by atoms with van der Waals surface area (Å²) in [5.41, 5.74) is 6.38. The lowest BCUT2D eigenvalue weighted by molar-refractivity contribution is 0.419. The molecule has 13 heavy (non-hydrogen) atoms. The SMILES string of the molecule is COc1cc(Cl)cc2c(N)n[nH]c12. The molecule has 0 saturated carbocycles. The smallest absolute Gasteiger partial charge is 0.153 e. The highest BCUT2D eigenvalue weighted by molar-refractivity contribution is 6.31. The quantitative estimate of drug-likeness (QED) is 0.733. The van der Waals surface area contributed by atoms with Gasteiger partial charge in [0, 0.05) is 16.5 Å². The number of halogens is 1. The summed E-state index contributed by atoms with van der Waals surface area (Å²) in [7, 11) is 1.57. The monoisotopic (exact) mass is 197 g/mol. The van der Waals surface area contributed by atoms with Crippen LogP contribution in [0, 0.1) is 0 Å². The summed E-state index contributed by atoms with van der Waals surface area (Å²) < 4.78 is 5.11. The molecule has 0 saturated heterocycles. The largest absolute Gasteiger partial charge is 0.494 e. The van der Waals surface area contributed by atoms with Crippen molar-refractivity contribution in [3.05, 3.63) is 17.2 Å². The molecule has 0 atom stereocenters. The standard InChI is InChI=1S/C8H8ClN3O/c1-13-6-3-4(9)2-5-7(6)11-12-8(5)10/h2-3H,1H3,(H3,10,11,12). The molecule has 0 unspecified atom stereocenters. The van der Waals surface area contributed by atoms with Gasteiger partial charge in [-0.25, -0.2) is 0 Å². The summed E-state index contributed by atoms with van der Waals surface area (Å²) in [6.07, 6.45) is 0. The third-order valence-corrected chi connectivity index (χ3v) is 2.07. The number of rotatable bonds is 1. The second-order valence-electron chi connectivity index (χ2n) is 2.64. The van der Waals surface area contributed by atoms with Crippen LogP contribution in [0.15, 0.2) is 12.1 Å². The number of H-pyrrole nitrogens is 1. The third-order valence-electron chi connectivity index (χ3n) is 1.85. The van der Waals surface area contributed by atoms with Crippen LogP contribution in [0.3, 0.4) is 0 Å². The van der Waals surface area contributed by atoms with E-state index in [1.165, 1.54) is 0 Å². The number of nitrogens with one attached hydrogen (secondary N) is 1. The van der Waals surface area contributed by atoms with Gasteiger partial charge in [0.05, 0.1) is 7.11 Å². The van der Waals surface area contributed by atoms with E-state index in [1.54, 1.807) is 19.2 Å². The number of nitrogens with zero attached hydrogens (tertiary/aromatic N) is 1. The first kappa shape index (κ1) is 8.19. The van der Waals surface area contributed by atoms with Crippen molar-refractivity contribution in [2.24, 2.45) is 0 Å². The maximum atomic E-state index is 5.85. The van der Waals surface area contributed by atoms with Crippen molar-refractivity contribution >= 4 is 28.3 Å². The van der Waals surface area contributed by atoms with Gasteiger partial charge in [-0.3, -0.25) is 5.10 Å². The molecule has 1 aromatic carbocycles. The number of methoxy groups -OCH3 is 1. The van der Waals surface area contributed by atoms with Gasteiger partial charge in [-0.15, -0.1) is 0 Å². The highest BCUT2D eigenvalue weighted by atomic mass is 35.5. The van der Waals surface area contributed by atoms with E-state index in [2.05, 4.69) is 10.2 Å². The number of hydrogen-bond acceptors (Lipinski definition) is 3. The van der Waals surface area contributed by atoms with E-state index in [1.807, 2.05) is 0 Å². The molecule has 0 spiro atoms. The Kier molecular flexibility index (Phi) is 1.77. The van der Waals surface area contributed by atoms with Gasteiger partial charge in [0.25, 0.3) is 0 Å². The highest BCUT2D eigenvalue weighted by Crippen LogP contribution is 2.30. The molecule has 0 radical (unpaired) electrons. The Morgan fingerprint density at radius 2 is 2.31 bits per heavy atom. The van der Waals surface area contributed by atoms with Crippen LogP contribution < -0.4 is 10.5 Å². The Morgan fingerprint density at radius 3 is 3.00 bits per heavy atom. The summed E-state index contributed by atoms with van der Waals surface area (Å²) in [5, 5.41) is 8.00. The van der Waals surface area contributed by atoms with Crippen molar-refractivity contribution in [3.8, 4) is 5.75 Å². The fourth-order valence-corrected chi connectivity index (χ4v) is 1.44. The van der Waals surface area contributed by atoms with Crippen LogP contribution >= 0.6 is 11.6 Å². The lowest BCUT2D eigenvalue weighted by atomic mass is 10.2. The van der Waals surface area contributed by atoms with Gasteiger partial charge in [0.2, 0.25) is 0 Å². The molecule has 0 aliphatic carbocycles. The number of fused-ring (bicyclic) bond motifs is 1. The van der Waals surface area contributed by atoms with E-state index in [-0.39, 0.29) is 0 Å². The minimum atomic E-state index is 0.427. The minimum absolute atomic E-state index is 0.427. The molecule has 0 aliphatic rings. The molecule has 5 heteroatoms. The molecule has 4 nitrogen and oxygen atoms in total. The van der Waals surface area contributed by atoms with Crippen molar-refractivity contribution in [1.82, 2.24) is 10.2 Å². The van der Waals surface area contributed by atoms with Crippen LogP contribution in [0.1, 0.15) is 0 Å². The zero-order valence-electron chi connectivity index (χ0n) is 6.97. The third kappa shape index (κ3) is 1.19. The van der Waals surface area contributed by atoms with Crippen molar-refractivity contribution in [2.75, 3.05) is 12.8 Å². The highest BCUT2D eigenvalue weighted by Gasteiger charge is 2.08. The van der Waals surface area contributed by atoms with Gasteiger partial charge in [0.15, 0.2) is 5.82 Å². The fourth-order valence-electron chi connectivity index (χ4n) is 1.24. The average Bonchev–Trinajstić information content (AvgIpc) is 2.47. The first-order valence-electron chi connectivity index (χ1n) is 3.69. The number of ether oxygens (including phenoxy) is 1. The predicted octanol–water partition coefficient (Wildman–Crippen LogP) is 1.81. The zero-order chi connectivity index (χ0) is 9.42. The number of hydrogen-bond donors (Lipinski definition) is 2. The molecule has 1 heterocycles. The number of aromatic nitrogens is 2. The summed E-state index contributed by atoms with van der Waals surface area (Å²) in [6, 6.07) is 3.46. The lowest BCUT2D eigenvalue weighted by Gasteiger charge is -2.01. The molecular formula is C8H8ClN3O. The lowest BCUT2D eigenvalue weighted by Crippen LogP contribution is -1.85. The van der Waals surface area contributed by atoms with Gasteiger partial charge in [-0.1, -0.05) is 11.6 Å². The number of nitrogens with two attached hydrogens (primary N) is 1. The first-order chi connectivity index (χ1) is 6.22. The van der Waals surface area contributed by atoms with Crippen LogP contribution in [0.2, 0.25) is 5.02 Å². The average molecular weight is 198 g/mol. The molecule has 2 rings (SSSR count). The normalized spacial score (nSPS) is 10.6. The number of nitrogen functional groups attached to an aromatic ring is 1. The molecule has 0 amide bonds. The molecule has 0 aliphatic heterocycles. The van der Waals surface area contributed by atoms with Gasteiger partial charge in [0.1, 0.15) is 11.3 Å². The number of aromatic amines is 1. The van der Waals surface area contributed by atoms with Crippen LogP contribution in [-0.2, 0) is 0 Å². The fraction of sp³-hybridized carbons (Fsp3) is 0.125. The second kappa shape index (κ2) is 2.81. The van der Waals surface area contributed by atoms with Crippen molar-refractivity contribution in [2.45, 2.75) is 0 Å². The molecular weight excluding hydrogens is 190 g/mol. The van der Waals surface area contributed by atoms with Gasteiger partial charge in [-0.2, -0.15) is 5.10 Å². The van der Waals surface area contributed by atoms with E-state index >= 15 is 0 Å². The van der Waals surface area contributed by atoms with E-state index in [0.29, 0.717) is 16.6 Å². The van der Waals surface area contributed by atoms with Crippen LogP contribution in [0.5, 0.6) is 5.75 Å². The second-order valence-corrected chi connectivity index (χ2v) is 3.08. The van der Waals surface area contributed by atoms with Gasteiger partial charge in [-0.05, 0) is 6.07 Å². The topological polar surface area (TPSA) is 63.9 Å². The van der Waals surface area contributed by atoms with Gasteiger partial charge >= 0.3 is 0 Å². The maximum absolute atomic E-state index is 5.85. The van der Waals surface area contributed by atoms with Crippen molar-refractivity contribution < 1.29 is 4.74 Å². The van der Waals surface area contributed by atoms with E-state index in [9.17, 15) is 0 Å². The summed E-state index contributed by atoms with van der Waals surface area (Å²) in [6.45, 7) is 0. The van der Waals surface area contributed by atoms with E-state index < -0.39 is 0 Å². The molecule has 1 aromatic heterocycles. The number of benzene rings is 1. The molecule has 2 aromatic rings. The van der Waals surface area contributed by atoms with Crippen LogP contribution in [0.4, 0.5) is 5.82 Å². The Labute approximate surface area is 79.6 Å². The summed E-state index contributed by atoms with van der Waals surface area (Å²) >= 11 is 5.85. The van der Waals surface area contributed by atoms with Crippen LogP contribution in [-0.4, -0.2) is 17.3 Å². The minimum Gasteiger partial charge on any atom is -0.494 e. The van der Waals surface area contributed by atoms with Crippen molar-refractivity contribution in [1.29, 1.82) is 0 Å². The van der Waals surface area contributed by atoms with E-state index in [0.717, 1.165) is 10.9 Å². The molecule has 68 valence electrons. The number of anilines is 1. The van der Waals surface area contributed by atoms with Crippen LogP contribution in [0.25, 0.3) is 10.9 Å².